The molecule has 49 heavy (non-hydrogen) atoms. The van der Waals surface area contributed by atoms with Crippen molar-refractivity contribution in [1.82, 2.24) is 21.3 Å². The minimum absolute atomic E-state index is 0. The number of hydrogen-bond donors (Lipinski definition) is 4. The van der Waals surface area contributed by atoms with Gasteiger partial charge in [-0.3, -0.25) is 0 Å². The van der Waals surface area contributed by atoms with Crippen LogP contribution in [-0.4, -0.2) is 78.3 Å². The fourth-order valence-electron chi connectivity index (χ4n) is 10.9. The van der Waals surface area contributed by atoms with Gasteiger partial charge in [-0.05, 0) is 66.6 Å². The normalized spacial score (nSPS) is 32.1. The molecule has 4 aliphatic carbocycles. The van der Waals surface area contributed by atoms with E-state index < -0.39 is 16.1 Å². The molecule has 4 unspecified atom stereocenters. The van der Waals surface area contributed by atoms with Crippen LogP contribution >= 0.6 is 17.2 Å². The molecule has 4 atom stereocenters. The van der Waals surface area contributed by atoms with Crippen molar-refractivity contribution in [3.05, 3.63) is 47.5 Å². The fraction of sp³-hybridized carbons (Fsp3) is 0.750. The zero-order chi connectivity index (χ0) is 34.5. The minimum Gasteiger partial charge on any atom is -0.748 e. The molecule has 2 aromatic carbocycles. The maximum Gasteiger partial charge on any atom is 0.0508 e. The van der Waals surface area contributed by atoms with Crippen molar-refractivity contribution in [2.75, 3.05) is 39.3 Å². The summed E-state index contributed by atoms with van der Waals surface area (Å²) in [4.78, 5) is 0. The summed E-state index contributed by atoms with van der Waals surface area (Å²) in [6, 6.07) is 13.6. The number of nitrogens with one attached hydrogen (secondary N) is 4. The van der Waals surface area contributed by atoms with Crippen LogP contribution in [0.4, 0.5) is 0 Å². The van der Waals surface area contributed by atoms with E-state index >= 15 is 0 Å². The van der Waals surface area contributed by atoms with Gasteiger partial charge in [-0.1, -0.05) is 66.2 Å². The minimum atomic E-state index is -1.63. The van der Waals surface area contributed by atoms with Gasteiger partial charge in [0.1, 0.15) is 0 Å². The Bertz CT molecular complexity index is 1270. The SMILES string of the molecule is CC(C)(C)P(C[c-]1c(C(P)(C2CNCCN2)C2CNCCN2)cc([Si](C)(C)C)c1[Si](C)(C)C)C1C2CC3CC(C2)CC1C3.[Fe].[cH-]1[cH-][cH-][cH-][cH-]1. The van der Waals surface area contributed by atoms with Crippen molar-refractivity contribution in [2.45, 2.75) is 126 Å². The van der Waals surface area contributed by atoms with E-state index in [1.807, 2.05) is 41.1 Å². The van der Waals surface area contributed by atoms with Gasteiger partial charge in [0.15, 0.2) is 0 Å². The summed E-state index contributed by atoms with van der Waals surface area (Å²) in [6.07, 6.45) is 9.09. The molecule has 2 aliphatic heterocycles. The van der Waals surface area contributed by atoms with Crippen molar-refractivity contribution in [3.63, 3.8) is 0 Å². The van der Waals surface area contributed by atoms with Crippen LogP contribution in [-0.2, 0) is 28.4 Å². The van der Waals surface area contributed by atoms with E-state index in [9.17, 15) is 0 Å². The summed E-state index contributed by atoms with van der Waals surface area (Å²) in [5.74, 6) is 4.10. The van der Waals surface area contributed by atoms with E-state index in [1.54, 1.807) is 42.9 Å². The molecular weight excluding hydrogens is 710 g/mol. The Labute approximate surface area is 317 Å². The molecule has 4 N–H and O–H groups in total. The molecule has 2 aromatic rings. The molecule has 8 rings (SSSR count). The van der Waals surface area contributed by atoms with E-state index in [0.717, 1.165) is 68.6 Å². The standard InChI is InChI=1S/C35H65N4P2Si2.C5H5.Fe/c1-34(2,3)41(32-25-15-23-14-24(17-25)18-26(32)16-23)22-27-28(19-29(42(4,5)6)33(27)43(7,8)9)35(40,30-20-36-10-12-38-30)31-21-37-11-13-39-31;1-2-4-5-3-1;/h19,23-26,30-32,36-39H,10-18,20-22,40H2,1-9H3;1-5H;/q-1;-5;. The topological polar surface area (TPSA) is 48.1 Å². The number of piperazine rings is 2. The van der Waals surface area contributed by atoms with Gasteiger partial charge in [-0.15, -0.1) is 22.7 Å². The summed E-state index contributed by atoms with van der Waals surface area (Å²) in [7, 11) is 0.190. The van der Waals surface area contributed by atoms with Crippen molar-refractivity contribution < 1.29 is 17.1 Å². The molecule has 4 bridgehead atoms. The number of hydrogen-bond acceptors (Lipinski definition) is 4. The summed E-state index contributed by atoms with van der Waals surface area (Å²) in [5, 5.41) is 19.7. The first-order valence-corrected chi connectivity index (χ1v) is 28.7. The molecule has 9 heteroatoms. The Morgan fingerprint density at radius 2 is 1.22 bits per heavy atom. The maximum atomic E-state index is 4.05. The van der Waals surface area contributed by atoms with Crippen molar-refractivity contribution in [1.29, 1.82) is 0 Å². The summed E-state index contributed by atoms with van der Waals surface area (Å²) in [6.45, 7) is 30.1. The van der Waals surface area contributed by atoms with Gasteiger partial charge >= 0.3 is 0 Å². The molecule has 6 fully saturated rings. The molecule has 0 amide bonds. The smallest absolute Gasteiger partial charge is 0.0508 e. The van der Waals surface area contributed by atoms with Crippen LogP contribution in [0.3, 0.4) is 0 Å². The number of rotatable bonds is 8. The second-order valence-electron chi connectivity index (χ2n) is 19.4. The summed E-state index contributed by atoms with van der Waals surface area (Å²) in [5.41, 5.74) is 4.51. The molecule has 282 valence electrons. The van der Waals surface area contributed by atoms with Gasteiger partial charge in [0.25, 0.3) is 0 Å². The van der Waals surface area contributed by atoms with E-state index in [1.165, 1.54) is 6.16 Å². The van der Waals surface area contributed by atoms with E-state index in [0.29, 0.717) is 17.2 Å². The molecule has 2 heterocycles. The molecule has 6 aliphatic rings. The molecule has 4 nitrogen and oxygen atoms in total. The van der Waals surface area contributed by atoms with Crippen LogP contribution in [0.2, 0.25) is 39.3 Å². The largest absolute Gasteiger partial charge is 0.748 e. The Morgan fingerprint density at radius 1 is 0.755 bits per heavy atom. The first-order chi connectivity index (χ1) is 22.6. The Balaban J connectivity index is 0.000000717. The second-order valence-corrected chi connectivity index (χ2v) is 33.5. The zero-order valence-electron chi connectivity index (χ0n) is 32.4. The van der Waals surface area contributed by atoms with Crippen LogP contribution < -0.4 is 31.6 Å². The van der Waals surface area contributed by atoms with Crippen molar-refractivity contribution in [3.8, 4) is 0 Å². The van der Waals surface area contributed by atoms with E-state index in [2.05, 4.69) is 96.6 Å². The molecule has 0 spiro atoms. The van der Waals surface area contributed by atoms with Gasteiger partial charge in [0.05, 0.1) is 8.07 Å². The van der Waals surface area contributed by atoms with Crippen molar-refractivity contribution in [2.24, 2.45) is 23.7 Å². The van der Waals surface area contributed by atoms with Gasteiger partial charge in [0, 0.05) is 81.7 Å². The van der Waals surface area contributed by atoms with Crippen LogP contribution in [0.25, 0.3) is 0 Å². The third-order valence-electron chi connectivity index (χ3n) is 12.7. The first kappa shape index (κ1) is 40.5. The summed E-state index contributed by atoms with van der Waals surface area (Å²) >= 11 is 0. The predicted molar refractivity (Wildman–Crippen MR) is 222 cm³/mol. The van der Waals surface area contributed by atoms with Crippen LogP contribution in [0.1, 0.15) is 64.0 Å². The maximum absolute atomic E-state index is 4.05. The molecule has 2 saturated heterocycles. The average Bonchev–Trinajstić information content (AvgIpc) is 3.73. The average molecular weight is 781 g/mol. The van der Waals surface area contributed by atoms with Crippen molar-refractivity contribution >= 4 is 43.7 Å². The second kappa shape index (κ2) is 16.0. The Hall–Kier alpha value is 0.353. The van der Waals surface area contributed by atoms with Gasteiger partial charge < -0.3 is 51.6 Å². The molecule has 0 aromatic heterocycles. The van der Waals surface area contributed by atoms with Gasteiger partial charge in [-0.25, -0.2) is 11.3 Å². The van der Waals surface area contributed by atoms with Crippen LogP contribution in [0.5, 0.6) is 0 Å². The van der Waals surface area contributed by atoms with Gasteiger partial charge in [0.2, 0.25) is 0 Å². The summed E-state index contributed by atoms with van der Waals surface area (Å²) < 4.78 is 0. The van der Waals surface area contributed by atoms with E-state index in [4.69, 9.17) is 0 Å². The third kappa shape index (κ3) is 8.69. The van der Waals surface area contributed by atoms with Crippen LogP contribution in [0, 0.1) is 23.7 Å². The quantitative estimate of drug-likeness (QED) is 0.137. The van der Waals surface area contributed by atoms with Crippen LogP contribution in [0.15, 0.2) is 36.4 Å². The van der Waals surface area contributed by atoms with E-state index in [-0.39, 0.29) is 30.1 Å². The molecular formula is C40H70FeN4P2Si2-6. The van der Waals surface area contributed by atoms with Gasteiger partial charge in [-0.2, -0.15) is 10.8 Å². The zero-order valence-corrected chi connectivity index (χ0v) is 37.5. The molecule has 0 radical (unpaired) electrons. The Morgan fingerprint density at radius 3 is 1.59 bits per heavy atom. The monoisotopic (exact) mass is 780 g/mol. The third-order valence-corrected chi connectivity index (χ3v) is 22.1. The molecule has 4 saturated carbocycles. The predicted octanol–water partition coefficient (Wildman–Crippen LogP) is 6.70. The first-order valence-electron chi connectivity index (χ1n) is 19.5. The Kier molecular flexibility index (Phi) is 13.2. The fourth-order valence-corrected chi connectivity index (χ4v) is 21.3.